The first-order chi connectivity index (χ1) is 55.0. The third kappa shape index (κ3) is 11.7. The Labute approximate surface area is 649 Å². The molecule has 0 atom stereocenters. The summed E-state index contributed by atoms with van der Waals surface area (Å²) in [4.78, 5) is 34.4. The minimum Gasteiger partial charge on any atom is -0.456 e. The van der Waals surface area contributed by atoms with E-state index in [0.29, 0.717) is 34.9 Å². The van der Waals surface area contributed by atoms with Gasteiger partial charge in [-0.25, -0.2) is 29.9 Å². The van der Waals surface area contributed by atoms with Crippen molar-refractivity contribution < 1.29 is 4.42 Å². The normalized spacial score (nSPS) is 13.1. The lowest BCUT2D eigenvalue weighted by Gasteiger charge is -2.42. The highest BCUT2D eigenvalue weighted by Gasteiger charge is 2.39. The van der Waals surface area contributed by atoms with E-state index in [1.54, 1.807) is 0 Å². The zero-order valence-electron chi connectivity index (χ0n) is 62.2. The largest absolute Gasteiger partial charge is 0.456 e. The van der Waals surface area contributed by atoms with E-state index in [1.165, 1.54) is 72.3 Å². The number of hydrogen-bond donors (Lipinski definition) is 0. The molecule has 4 aromatic heterocycles. The van der Waals surface area contributed by atoms with E-state index in [0.717, 1.165) is 89.1 Å². The number of furan rings is 1. The van der Waals surface area contributed by atoms with Crippen molar-refractivity contribution in [1.29, 1.82) is 0 Å². The summed E-state index contributed by atoms with van der Waals surface area (Å²) in [5.74, 6) is 3.87. The average molecular weight is 1440 g/mol. The molecule has 532 valence electrons. The van der Waals surface area contributed by atoms with Crippen LogP contribution in [0.2, 0.25) is 0 Å². The predicted octanol–water partition coefficient (Wildman–Crippen LogP) is 26.3. The molecule has 0 saturated carbocycles. The summed E-state index contributed by atoms with van der Waals surface area (Å²) >= 11 is 0. The van der Waals surface area contributed by atoms with Crippen LogP contribution >= 0.6 is 0 Å². The highest BCUT2D eigenvalue weighted by molar-refractivity contribution is 6.11. The van der Waals surface area contributed by atoms with Gasteiger partial charge in [-0.15, -0.1) is 0 Å². The predicted molar refractivity (Wildman–Crippen MR) is 458 cm³/mol. The first kappa shape index (κ1) is 66.9. The molecule has 0 aliphatic carbocycles. The van der Waals surface area contributed by atoms with E-state index in [4.69, 9.17) is 34.3 Å². The number of fused-ring (bicyclic) bond motifs is 10. The van der Waals surface area contributed by atoms with Crippen LogP contribution in [0, 0.1) is 0 Å². The number of nitrogens with zero attached hydrogens (tertiary/aromatic N) is 9. The van der Waals surface area contributed by atoms with Crippen LogP contribution in [-0.2, 0) is 10.8 Å². The van der Waals surface area contributed by atoms with Crippen molar-refractivity contribution in [2.45, 2.75) is 38.5 Å². The van der Waals surface area contributed by atoms with E-state index in [2.05, 4.69) is 279 Å². The van der Waals surface area contributed by atoms with Crippen molar-refractivity contribution in [2.75, 3.05) is 9.80 Å². The van der Waals surface area contributed by atoms with E-state index < -0.39 is 0 Å². The third-order valence-corrected chi connectivity index (χ3v) is 22.4. The zero-order chi connectivity index (χ0) is 75.0. The summed E-state index contributed by atoms with van der Waals surface area (Å²) in [6.45, 7) is 9.36. The lowest BCUT2D eigenvalue weighted by atomic mass is 9.73. The van der Waals surface area contributed by atoms with Gasteiger partial charge in [0.25, 0.3) is 0 Å². The number of rotatable bonds is 11. The summed E-state index contributed by atoms with van der Waals surface area (Å²) in [5.41, 5.74) is 27.4. The van der Waals surface area contributed by atoms with Gasteiger partial charge in [0.15, 0.2) is 34.9 Å². The number of benzene rings is 15. The minimum absolute atomic E-state index is 0.187. The third-order valence-electron chi connectivity index (χ3n) is 22.4. The summed E-state index contributed by atoms with van der Waals surface area (Å²) in [7, 11) is 0. The minimum atomic E-state index is -0.225. The molecule has 2 aliphatic heterocycles. The molecular formula is C102H73N9O. The van der Waals surface area contributed by atoms with E-state index >= 15 is 0 Å². The molecule has 0 fully saturated rings. The molecule has 0 radical (unpaired) electrons. The van der Waals surface area contributed by atoms with Crippen LogP contribution in [-0.4, -0.2) is 34.5 Å². The van der Waals surface area contributed by atoms with Gasteiger partial charge in [0.05, 0.1) is 33.8 Å². The smallest absolute Gasteiger partial charge is 0.164 e. The van der Waals surface area contributed by atoms with Gasteiger partial charge in [0.2, 0.25) is 0 Å². The summed E-state index contributed by atoms with van der Waals surface area (Å²) in [6.07, 6.45) is 0. The second kappa shape index (κ2) is 27.3. The Hall–Kier alpha value is -14.5. The van der Waals surface area contributed by atoms with Crippen LogP contribution in [0.4, 0.5) is 34.1 Å². The second-order valence-corrected chi connectivity index (χ2v) is 29.8. The number of hydrogen-bond acceptors (Lipinski definition) is 9. The molecule has 2 aliphatic rings. The first-order valence-corrected chi connectivity index (χ1v) is 38.1. The second-order valence-electron chi connectivity index (χ2n) is 29.8. The molecule has 19 aromatic rings. The molecule has 21 rings (SSSR count). The Kier molecular flexibility index (Phi) is 16.3. The Morgan fingerprint density at radius 3 is 1.00 bits per heavy atom. The van der Waals surface area contributed by atoms with Gasteiger partial charge in [-0.05, 0) is 178 Å². The van der Waals surface area contributed by atoms with Crippen molar-refractivity contribution in [3.05, 3.63) is 392 Å². The molecule has 0 spiro atoms. The van der Waals surface area contributed by atoms with Crippen LogP contribution < -0.4 is 9.80 Å². The molecule has 0 amide bonds. The Morgan fingerprint density at radius 1 is 0.214 bits per heavy atom. The fourth-order valence-electron chi connectivity index (χ4n) is 16.6. The van der Waals surface area contributed by atoms with Crippen LogP contribution in [0.3, 0.4) is 0 Å². The molecule has 10 heteroatoms. The molecule has 10 nitrogen and oxygen atoms in total. The topological polar surface area (TPSA) is 102 Å². The highest BCUT2D eigenvalue weighted by Crippen LogP contribution is 2.55. The zero-order valence-corrected chi connectivity index (χ0v) is 62.2. The number of anilines is 6. The number of para-hydroxylation sites is 5. The van der Waals surface area contributed by atoms with Gasteiger partial charge in [0.1, 0.15) is 11.2 Å². The van der Waals surface area contributed by atoms with Gasteiger partial charge in [-0.2, -0.15) is 0 Å². The molecule has 0 N–H and O–H groups in total. The average Bonchev–Trinajstić information content (AvgIpc) is 0.790. The van der Waals surface area contributed by atoms with Crippen LogP contribution in [0.15, 0.2) is 374 Å². The van der Waals surface area contributed by atoms with Crippen LogP contribution in [0.25, 0.3) is 140 Å². The lowest BCUT2D eigenvalue weighted by Crippen LogP contribution is -2.30. The van der Waals surface area contributed by atoms with Crippen molar-refractivity contribution in [2.24, 2.45) is 0 Å². The monoisotopic (exact) mass is 1440 g/mol. The number of aromatic nitrogens is 7. The molecule has 0 bridgehead atoms. The molecule has 15 aromatic carbocycles. The quantitative estimate of drug-likeness (QED) is 0.125. The summed E-state index contributed by atoms with van der Waals surface area (Å²) in [6, 6.07) is 130. The van der Waals surface area contributed by atoms with Crippen molar-refractivity contribution >= 4 is 77.9 Å². The van der Waals surface area contributed by atoms with E-state index in [9.17, 15) is 0 Å². The maximum Gasteiger partial charge on any atom is 0.164 e. The molecule has 0 unspecified atom stereocenters. The molecule has 0 saturated heterocycles. The lowest BCUT2D eigenvalue weighted by molar-refractivity contribution is 0.632. The molecule has 6 heterocycles. The van der Waals surface area contributed by atoms with Crippen LogP contribution in [0.1, 0.15) is 49.9 Å². The standard InChI is InChI=1S/C54H39N5.C48H34N4O/c1-54(2)45-23-13-15-25-49(45)59(41-20-10-5-11-21-41)50-33-29-40(35-46(50)54)39-28-32-48-44(34-39)43-22-12-14-24-47(43)58(48)42-30-26-38(27-31-42)53-56-51(36-16-6-3-7-17-36)55-52(57-53)37-18-8-4-9-19-37;1-48(2)39-18-10-11-19-41(39)52(42-27-23-35(30-40(42)48)34-24-28-44-38(29-34)37-17-9-12-20-43(37)53-44)36-25-21-33(22-26-36)47-50-45(31-13-5-3-6-14-31)49-46(51-47)32-15-7-4-8-16-32/h3-35H,1-2H3;3-30H,1-2H3. The van der Waals surface area contributed by atoms with Crippen molar-refractivity contribution in [3.63, 3.8) is 0 Å². The summed E-state index contributed by atoms with van der Waals surface area (Å²) in [5, 5.41) is 4.70. The van der Waals surface area contributed by atoms with Gasteiger partial charge in [0, 0.05) is 82.8 Å². The fraction of sp³-hybridized carbons (Fsp3) is 0.0588. The van der Waals surface area contributed by atoms with Gasteiger partial charge < -0.3 is 18.8 Å². The Bertz CT molecular complexity index is 6680. The van der Waals surface area contributed by atoms with E-state index in [-0.39, 0.29) is 10.8 Å². The fourth-order valence-corrected chi connectivity index (χ4v) is 16.6. The maximum absolute atomic E-state index is 6.14. The van der Waals surface area contributed by atoms with Gasteiger partial charge in [-0.3, -0.25) is 0 Å². The van der Waals surface area contributed by atoms with E-state index in [1.807, 2.05) is 133 Å². The molecule has 112 heavy (non-hydrogen) atoms. The first-order valence-electron chi connectivity index (χ1n) is 38.1. The SMILES string of the molecule is CC1(C)c2ccccc2N(c2ccc(-c3nc(-c4ccccc4)nc(-c4ccccc4)n3)cc2)c2ccc(-c3ccc4oc5ccccc5c4c3)cc21.CC1(C)c2ccccc2N(c2ccccc2)c2ccc(-c3ccc4c(c3)c3ccccc3n4-c3ccc(-c4nc(-c5ccccc5)nc(-c5ccccc5)n4)cc3)cc21. The van der Waals surface area contributed by atoms with Crippen molar-refractivity contribution in [3.8, 4) is 96.3 Å². The molecular weight excluding hydrogens is 1370 g/mol. The van der Waals surface area contributed by atoms with Gasteiger partial charge in [-0.1, -0.05) is 264 Å². The van der Waals surface area contributed by atoms with Crippen molar-refractivity contribution in [1.82, 2.24) is 34.5 Å². The highest BCUT2D eigenvalue weighted by atomic mass is 16.3. The van der Waals surface area contributed by atoms with Gasteiger partial charge >= 0.3 is 0 Å². The summed E-state index contributed by atoms with van der Waals surface area (Å²) < 4.78 is 8.50. The van der Waals surface area contributed by atoms with Crippen LogP contribution in [0.5, 0.6) is 0 Å². The maximum atomic E-state index is 6.14. The Balaban J connectivity index is 0.000000147. The Morgan fingerprint density at radius 2 is 0.527 bits per heavy atom.